The van der Waals surface area contributed by atoms with Gasteiger partial charge in [-0.1, -0.05) is 176 Å². The summed E-state index contributed by atoms with van der Waals surface area (Å²) >= 11 is 0. The number of fused-ring (bicyclic) bond motifs is 9. The van der Waals surface area contributed by atoms with E-state index in [0.29, 0.717) is 0 Å². The summed E-state index contributed by atoms with van der Waals surface area (Å²) in [7, 11) is 0. The zero-order valence-corrected chi connectivity index (χ0v) is 35.4. The first kappa shape index (κ1) is 36.9. The first-order chi connectivity index (χ1) is 32.2. The summed E-state index contributed by atoms with van der Waals surface area (Å²) in [5.41, 5.74) is 15.7. The second-order valence-electron chi connectivity index (χ2n) is 16.9. The predicted molar refractivity (Wildman–Crippen MR) is 274 cm³/mol. The van der Waals surface area contributed by atoms with Crippen LogP contribution in [-0.4, -0.2) is 4.57 Å². The molecule has 13 aromatic rings. The van der Waals surface area contributed by atoms with E-state index < -0.39 is 0 Å². The highest BCUT2D eigenvalue weighted by Gasteiger charge is 2.19. The molecule has 0 saturated carbocycles. The van der Waals surface area contributed by atoms with E-state index in [1.807, 2.05) is 12.1 Å². The first-order valence-corrected chi connectivity index (χ1v) is 22.2. The third-order valence-corrected chi connectivity index (χ3v) is 13.2. The molecule has 0 aliphatic rings. The molecule has 65 heavy (non-hydrogen) atoms. The lowest BCUT2D eigenvalue weighted by Crippen LogP contribution is -2.10. The van der Waals surface area contributed by atoms with Crippen LogP contribution in [0.5, 0.6) is 0 Å². The maximum Gasteiger partial charge on any atom is 0.136 e. The lowest BCUT2D eigenvalue weighted by Gasteiger charge is -2.28. The number of para-hydroxylation sites is 3. The highest BCUT2D eigenvalue weighted by Crippen LogP contribution is 2.44. The van der Waals surface area contributed by atoms with Crippen molar-refractivity contribution in [3.63, 3.8) is 0 Å². The Morgan fingerprint density at radius 3 is 1.52 bits per heavy atom. The molecule has 13 rings (SSSR count). The zero-order valence-electron chi connectivity index (χ0n) is 35.4. The number of furan rings is 1. The summed E-state index contributed by atoms with van der Waals surface area (Å²) < 4.78 is 8.59. The Morgan fingerprint density at radius 2 is 0.831 bits per heavy atom. The number of aromatic nitrogens is 1. The molecule has 0 saturated heterocycles. The Labute approximate surface area is 376 Å². The fraction of sp³-hybridized carbons (Fsp3) is 0. The smallest absolute Gasteiger partial charge is 0.136 e. The van der Waals surface area contributed by atoms with Gasteiger partial charge in [-0.2, -0.15) is 0 Å². The lowest BCUT2D eigenvalue weighted by atomic mass is 9.96. The average Bonchev–Trinajstić information content (AvgIpc) is 3.93. The minimum Gasteiger partial charge on any atom is -0.456 e. The Kier molecular flexibility index (Phi) is 8.53. The van der Waals surface area contributed by atoms with Gasteiger partial charge in [0.25, 0.3) is 0 Å². The Hall–Kier alpha value is -8.66. The topological polar surface area (TPSA) is 21.3 Å². The van der Waals surface area contributed by atoms with E-state index >= 15 is 0 Å². The van der Waals surface area contributed by atoms with Gasteiger partial charge in [-0.05, 0) is 116 Å². The van der Waals surface area contributed by atoms with Crippen LogP contribution in [-0.2, 0) is 0 Å². The standard InChI is InChI=1S/C62H40N2O/c1-2-16-50-46(13-1)40-59(53-18-4-3-17-52(50)53)63(47-35-31-42(32-36-47)41-27-29-44(30-28-41)51-22-12-26-61-62(51)56-21-7-10-25-60(56)65-61)48-37-33-43(34-38-48)45-14-11-15-49(39-45)64-57-23-8-5-19-54(57)55-20-6-9-24-58(55)64/h1-40H. The van der Waals surface area contributed by atoms with Crippen molar-refractivity contribution in [2.45, 2.75) is 0 Å². The lowest BCUT2D eigenvalue weighted by molar-refractivity contribution is 0.669. The minimum absolute atomic E-state index is 0.909. The van der Waals surface area contributed by atoms with Crippen LogP contribution in [0.3, 0.4) is 0 Å². The van der Waals surface area contributed by atoms with E-state index in [2.05, 4.69) is 240 Å². The van der Waals surface area contributed by atoms with Crippen LogP contribution in [0.4, 0.5) is 17.1 Å². The molecule has 0 atom stereocenters. The predicted octanol–water partition coefficient (Wildman–Crippen LogP) is 17.5. The van der Waals surface area contributed by atoms with Gasteiger partial charge in [0, 0.05) is 44.0 Å². The highest BCUT2D eigenvalue weighted by molar-refractivity contribution is 6.15. The van der Waals surface area contributed by atoms with Crippen LogP contribution in [0, 0.1) is 0 Å². The fourth-order valence-electron chi connectivity index (χ4n) is 10.1. The third kappa shape index (κ3) is 6.12. The monoisotopic (exact) mass is 828 g/mol. The van der Waals surface area contributed by atoms with Crippen molar-refractivity contribution in [1.29, 1.82) is 0 Å². The number of nitrogens with zero attached hydrogens (tertiary/aromatic N) is 2. The van der Waals surface area contributed by atoms with Crippen LogP contribution >= 0.6 is 0 Å². The molecule has 0 N–H and O–H groups in total. The van der Waals surface area contributed by atoms with E-state index in [9.17, 15) is 0 Å². The van der Waals surface area contributed by atoms with Gasteiger partial charge in [0.15, 0.2) is 0 Å². The van der Waals surface area contributed by atoms with Crippen molar-refractivity contribution in [3.05, 3.63) is 243 Å². The summed E-state index contributed by atoms with van der Waals surface area (Å²) in [4.78, 5) is 2.41. The normalized spacial score (nSPS) is 11.7. The minimum atomic E-state index is 0.909. The van der Waals surface area contributed by atoms with Gasteiger partial charge in [0.2, 0.25) is 0 Å². The van der Waals surface area contributed by atoms with Crippen LogP contribution < -0.4 is 4.90 Å². The second kappa shape index (κ2) is 15.0. The van der Waals surface area contributed by atoms with Gasteiger partial charge in [-0.25, -0.2) is 0 Å². The quantitative estimate of drug-likeness (QED) is 0.149. The van der Waals surface area contributed by atoms with Crippen molar-refractivity contribution in [2.75, 3.05) is 4.90 Å². The molecule has 304 valence electrons. The van der Waals surface area contributed by atoms with Crippen molar-refractivity contribution >= 4 is 82.4 Å². The van der Waals surface area contributed by atoms with Gasteiger partial charge in [-0.15, -0.1) is 0 Å². The summed E-state index contributed by atoms with van der Waals surface area (Å²) in [6.45, 7) is 0. The van der Waals surface area contributed by atoms with Crippen molar-refractivity contribution < 1.29 is 4.42 Å². The van der Waals surface area contributed by atoms with Gasteiger partial charge in [-0.3, -0.25) is 0 Å². The number of hydrogen-bond acceptors (Lipinski definition) is 2. The summed E-state index contributed by atoms with van der Waals surface area (Å²) in [5.74, 6) is 0. The van der Waals surface area contributed by atoms with E-state index in [1.165, 1.54) is 65.6 Å². The van der Waals surface area contributed by atoms with Gasteiger partial charge >= 0.3 is 0 Å². The molecule has 0 amide bonds. The molecule has 0 unspecified atom stereocenters. The zero-order chi connectivity index (χ0) is 42.8. The summed E-state index contributed by atoms with van der Waals surface area (Å²) in [6.07, 6.45) is 0. The van der Waals surface area contributed by atoms with E-state index in [0.717, 1.165) is 55.8 Å². The van der Waals surface area contributed by atoms with Gasteiger partial charge < -0.3 is 13.9 Å². The highest BCUT2D eigenvalue weighted by atomic mass is 16.3. The largest absolute Gasteiger partial charge is 0.456 e. The molecule has 0 radical (unpaired) electrons. The molecule has 0 aliphatic heterocycles. The number of anilines is 3. The van der Waals surface area contributed by atoms with Gasteiger partial charge in [0.05, 0.1) is 16.7 Å². The molecular weight excluding hydrogens is 789 g/mol. The fourth-order valence-corrected chi connectivity index (χ4v) is 10.1. The van der Waals surface area contributed by atoms with Crippen molar-refractivity contribution in [3.8, 4) is 39.1 Å². The van der Waals surface area contributed by atoms with Crippen LogP contribution in [0.1, 0.15) is 0 Å². The molecule has 11 aromatic carbocycles. The molecule has 0 aliphatic carbocycles. The van der Waals surface area contributed by atoms with E-state index in [1.54, 1.807) is 0 Å². The Balaban J connectivity index is 0.887. The number of rotatable bonds is 7. The molecule has 2 aromatic heterocycles. The molecular formula is C62H40N2O. The van der Waals surface area contributed by atoms with Crippen LogP contribution in [0.15, 0.2) is 247 Å². The van der Waals surface area contributed by atoms with Crippen molar-refractivity contribution in [1.82, 2.24) is 4.57 Å². The Morgan fingerprint density at radius 1 is 0.323 bits per heavy atom. The van der Waals surface area contributed by atoms with Crippen molar-refractivity contribution in [2.24, 2.45) is 0 Å². The molecule has 2 heterocycles. The molecule has 0 fully saturated rings. The number of benzene rings is 11. The van der Waals surface area contributed by atoms with Crippen LogP contribution in [0.2, 0.25) is 0 Å². The van der Waals surface area contributed by atoms with E-state index in [-0.39, 0.29) is 0 Å². The maximum atomic E-state index is 6.21. The third-order valence-electron chi connectivity index (χ3n) is 13.2. The van der Waals surface area contributed by atoms with Crippen LogP contribution in [0.25, 0.3) is 104 Å². The number of hydrogen-bond donors (Lipinski definition) is 0. The average molecular weight is 829 g/mol. The second-order valence-corrected chi connectivity index (χ2v) is 16.9. The van der Waals surface area contributed by atoms with E-state index in [4.69, 9.17) is 4.42 Å². The maximum absolute atomic E-state index is 6.21. The summed E-state index contributed by atoms with van der Waals surface area (Å²) in [5, 5.41) is 9.72. The van der Waals surface area contributed by atoms with Gasteiger partial charge in [0.1, 0.15) is 11.2 Å². The SMILES string of the molecule is c1cc(-c2ccc(N(c3ccc(-c4ccc(-c5cccc6oc7ccccc7c56)cc4)cc3)c3cc4ccccc4c4ccccc34)cc2)cc(-n2c3ccccc3c3ccccc32)c1. The molecule has 0 bridgehead atoms. The molecule has 0 spiro atoms. The first-order valence-electron chi connectivity index (χ1n) is 22.2. The molecule has 3 heteroatoms. The summed E-state index contributed by atoms with van der Waals surface area (Å²) in [6, 6.07) is 87.7. The molecule has 3 nitrogen and oxygen atoms in total. The Bertz CT molecular complexity index is 3880.